The van der Waals surface area contributed by atoms with Crippen LogP contribution in [0, 0.1) is 0 Å². The Labute approximate surface area is 299 Å². The monoisotopic (exact) mass is 724 g/mol. The average Bonchev–Trinajstić information content (AvgIpc) is 4.08. The number of para-hydroxylation sites is 1. The Balaban J connectivity index is 1.10. The molecule has 2 aliphatic rings. The van der Waals surface area contributed by atoms with Gasteiger partial charge in [0.1, 0.15) is 29.8 Å². The smallest absolute Gasteiger partial charge is 0.269 e. The molecule has 1 unspecified atom stereocenters. The minimum absolute atomic E-state index is 0.159. The number of aliphatic hydroxyl groups excluding tert-OH is 5. The van der Waals surface area contributed by atoms with Gasteiger partial charge in [-0.15, -0.1) is 0 Å². The van der Waals surface area contributed by atoms with Gasteiger partial charge < -0.3 is 44.9 Å². The SMILES string of the molecule is Cn1c(C(=O)N[C@@H](CO)[C@@H](O)[C@H](O)C(O)CO)cnc1SCc1ccc(Cl)c(COC2(c3cnccc3-c3ccccc3OC3CC3)CC2)c1. The fraction of sp³-hybridized carbons (Fsp3) is 0.417. The number of aromatic nitrogens is 3. The van der Waals surface area contributed by atoms with Gasteiger partial charge in [-0.25, -0.2) is 4.98 Å². The number of ether oxygens (including phenoxy) is 2. The number of thioether (sulfide) groups is 1. The normalized spacial score (nSPS) is 17.5. The average molecular weight is 725 g/mol. The quantitative estimate of drug-likeness (QED) is 0.0880. The molecule has 2 heterocycles. The summed E-state index contributed by atoms with van der Waals surface area (Å²) in [5.41, 5.74) is 4.62. The van der Waals surface area contributed by atoms with E-state index in [1.54, 1.807) is 17.8 Å². The highest BCUT2D eigenvalue weighted by molar-refractivity contribution is 7.98. The highest BCUT2D eigenvalue weighted by Crippen LogP contribution is 2.53. The van der Waals surface area contributed by atoms with E-state index in [-0.39, 0.29) is 11.8 Å². The van der Waals surface area contributed by atoms with Crippen LogP contribution in [-0.4, -0.2) is 89.6 Å². The van der Waals surface area contributed by atoms with Crippen molar-refractivity contribution in [2.45, 2.75) is 79.3 Å². The molecule has 4 atom stereocenters. The van der Waals surface area contributed by atoms with Gasteiger partial charge in [0.2, 0.25) is 0 Å². The van der Waals surface area contributed by atoms with Crippen molar-refractivity contribution < 1.29 is 39.8 Å². The van der Waals surface area contributed by atoms with Gasteiger partial charge in [-0.3, -0.25) is 9.78 Å². The van der Waals surface area contributed by atoms with E-state index in [0.717, 1.165) is 59.3 Å². The molecule has 2 fully saturated rings. The van der Waals surface area contributed by atoms with Crippen LogP contribution in [0.5, 0.6) is 5.75 Å². The number of imidazole rings is 1. The number of benzene rings is 2. The number of hydrogen-bond acceptors (Lipinski definition) is 11. The van der Waals surface area contributed by atoms with Crippen LogP contribution in [0.1, 0.15) is 52.9 Å². The Morgan fingerprint density at radius 2 is 1.84 bits per heavy atom. The molecule has 6 N–H and O–H groups in total. The molecule has 2 aromatic carbocycles. The zero-order valence-electron chi connectivity index (χ0n) is 27.5. The van der Waals surface area contributed by atoms with Crippen molar-refractivity contribution in [1.29, 1.82) is 0 Å². The fourth-order valence-electron chi connectivity index (χ4n) is 5.74. The van der Waals surface area contributed by atoms with Crippen LogP contribution in [0.15, 0.2) is 72.3 Å². The lowest BCUT2D eigenvalue weighted by molar-refractivity contribution is -0.0905. The van der Waals surface area contributed by atoms with Gasteiger partial charge in [0, 0.05) is 41.3 Å². The summed E-state index contributed by atoms with van der Waals surface area (Å²) in [6, 6.07) is 14.6. The van der Waals surface area contributed by atoms with Gasteiger partial charge in [-0.1, -0.05) is 53.7 Å². The van der Waals surface area contributed by atoms with E-state index in [0.29, 0.717) is 22.5 Å². The van der Waals surface area contributed by atoms with Crippen LogP contribution in [0.3, 0.4) is 0 Å². The molecule has 0 saturated heterocycles. The number of nitrogens with one attached hydrogen (secondary N) is 1. The molecular weight excluding hydrogens is 684 g/mol. The van der Waals surface area contributed by atoms with Crippen LogP contribution >= 0.6 is 23.4 Å². The van der Waals surface area contributed by atoms with E-state index in [4.69, 9.17) is 26.2 Å². The second kappa shape index (κ2) is 15.8. The number of nitrogens with zero attached hydrogens (tertiary/aromatic N) is 3. The second-order valence-corrected chi connectivity index (χ2v) is 14.1. The number of carbonyl (C=O) groups is 1. The molecule has 6 rings (SSSR count). The summed E-state index contributed by atoms with van der Waals surface area (Å²) >= 11 is 8.05. The zero-order chi connectivity index (χ0) is 35.4. The van der Waals surface area contributed by atoms with Gasteiger partial charge in [0.05, 0.1) is 43.8 Å². The number of aliphatic hydroxyl groups is 5. The number of amides is 1. The number of hydrogen-bond donors (Lipinski definition) is 6. The molecule has 2 aromatic heterocycles. The Morgan fingerprint density at radius 1 is 1.06 bits per heavy atom. The Hall–Kier alpha value is -3.53. The third-order valence-electron chi connectivity index (χ3n) is 9.03. The van der Waals surface area contributed by atoms with Crippen molar-refractivity contribution in [3.8, 4) is 16.9 Å². The Bertz CT molecular complexity index is 1800. The molecule has 2 aliphatic carbocycles. The van der Waals surface area contributed by atoms with Crippen LogP contribution < -0.4 is 10.1 Å². The number of pyridine rings is 1. The number of rotatable bonds is 17. The molecule has 1 amide bonds. The third-order valence-corrected chi connectivity index (χ3v) is 10.5. The van der Waals surface area contributed by atoms with Crippen molar-refractivity contribution in [2.24, 2.45) is 7.05 Å². The topological polar surface area (TPSA) is 179 Å². The summed E-state index contributed by atoms with van der Waals surface area (Å²) in [7, 11) is 1.67. The molecule has 0 radical (unpaired) electrons. The fourth-order valence-corrected chi connectivity index (χ4v) is 6.81. The van der Waals surface area contributed by atoms with Gasteiger partial charge in [-0.05, 0) is 60.6 Å². The largest absolute Gasteiger partial charge is 0.490 e. The van der Waals surface area contributed by atoms with Gasteiger partial charge in [0.25, 0.3) is 5.91 Å². The van der Waals surface area contributed by atoms with Crippen molar-refractivity contribution >= 4 is 29.3 Å². The van der Waals surface area contributed by atoms with Gasteiger partial charge >= 0.3 is 0 Å². The van der Waals surface area contributed by atoms with Crippen LogP contribution in [-0.2, 0) is 29.7 Å². The molecule has 0 spiro atoms. The minimum Gasteiger partial charge on any atom is -0.490 e. The maximum Gasteiger partial charge on any atom is 0.269 e. The maximum absolute atomic E-state index is 13.0. The van der Waals surface area contributed by atoms with Crippen molar-refractivity contribution in [1.82, 2.24) is 19.9 Å². The highest BCUT2D eigenvalue weighted by atomic mass is 35.5. The first-order chi connectivity index (χ1) is 24.1. The van der Waals surface area contributed by atoms with E-state index in [2.05, 4.69) is 21.4 Å². The summed E-state index contributed by atoms with van der Waals surface area (Å²) < 4.78 is 14.4. The molecular formula is C36H41ClN4O8S. The lowest BCUT2D eigenvalue weighted by Crippen LogP contribution is -2.54. The molecule has 0 bridgehead atoms. The first-order valence-electron chi connectivity index (χ1n) is 16.5. The van der Waals surface area contributed by atoms with Crippen LogP contribution in [0.25, 0.3) is 11.1 Å². The second-order valence-electron chi connectivity index (χ2n) is 12.7. The summed E-state index contributed by atoms with van der Waals surface area (Å²) in [6.07, 6.45) is 4.08. The van der Waals surface area contributed by atoms with E-state index < -0.39 is 49.1 Å². The zero-order valence-corrected chi connectivity index (χ0v) is 29.1. The maximum atomic E-state index is 13.0. The van der Waals surface area contributed by atoms with Crippen LogP contribution in [0.4, 0.5) is 0 Å². The van der Waals surface area contributed by atoms with E-state index in [1.807, 2.05) is 48.7 Å². The Morgan fingerprint density at radius 3 is 2.56 bits per heavy atom. The van der Waals surface area contributed by atoms with E-state index >= 15 is 0 Å². The molecule has 12 nitrogen and oxygen atoms in total. The summed E-state index contributed by atoms with van der Waals surface area (Å²) in [5.74, 6) is 0.746. The van der Waals surface area contributed by atoms with Crippen LogP contribution in [0.2, 0.25) is 5.02 Å². The molecule has 14 heteroatoms. The van der Waals surface area contributed by atoms with Gasteiger partial charge in [-0.2, -0.15) is 0 Å². The van der Waals surface area contributed by atoms with Crippen molar-refractivity contribution in [3.05, 3.63) is 94.5 Å². The predicted octanol–water partition coefficient (Wildman–Crippen LogP) is 3.34. The first-order valence-corrected chi connectivity index (χ1v) is 17.8. The predicted molar refractivity (Wildman–Crippen MR) is 187 cm³/mol. The lowest BCUT2D eigenvalue weighted by atomic mass is 9.96. The summed E-state index contributed by atoms with van der Waals surface area (Å²) in [6.45, 7) is -1.20. The van der Waals surface area contributed by atoms with Crippen molar-refractivity contribution in [2.75, 3.05) is 13.2 Å². The Kier molecular flexibility index (Phi) is 11.5. The van der Waals surface area contributed by atoms with Crippen molar-refractivity contribution in [3.63, 3.8) is 0 Å². The number of halogens is 1. The highest BCUT2D eigenvalue weighted by Gasteiger charge is 2.48. The molecule has 2 saturated carbocycles. The molecule has 4 aromatic rings. The standard InChI is InChI=1S/C36H41ClN4O8S/c1-41-29(34(47)40-28(17-42)32(45)33(46)30(44)18-43)16-39-35(41)50-20-21-6-9-27(37)22(14-21)19-48-36(11-12-36)26-15-38-13-10-24(26)25-4-2-3-5-31(25)49-23-7-8-23/h2-6,9-10,13-16,23,28,30,32-33,42-46H,7-8,11-12,17-20H2,1H3,(H,40,47)/t28-,30?,32+,33+/m0/s1. The minimum atomic E-state index is -1.78. The molecule has 266 valence electrons. The first kappa shape index (κ1) is 36.3. The molecule has 50 heavy (non-hydrogen) atoms. The van der Waals surface area contributed by atoms with E-state index in [9.17, 15) is 25.2 Å². The molecule has 0 aliphatic heterocycles. The summed E-state index contributed by atoms with van der Waals surface area (Å²) in [5, 5.41) is 52.2. The number of carbonyl (C=O) groups excluding carboxylic acids is 1. The third kappa shape index (κ3) is 8.16. The summed E-state index contributed by atoms with van der Waals surface area (Å²) in [4.78, 5) is 21.8. The van der Waals surface area contributed by atoms with Gasteiger partial charge in [0.15, 0.2) is 5.16 Å². The van der Waals surface area contributed by atoms with E-state index in [1.165, 1.54) is 18.0 Å². The lowest BCUT2D eigenvalue weighted by Gasteiger charge is -2.28.